The third-order valence-corrected chi connectivity index (χ3v) is 4.55. The number of hydrogen-bond donors (Lipinski definition) is 0. The van der Waals surface area contributed by atoms with Crippen LogP contribution >= 0.6 is 43.5 Å². The summed E-state index contributed by atoms with van der Waals surface area (Å²) in [5, 5.41) is 0.622. The Morgan fingerprint density at radius 2 is 2.25 bits per heavy atom. The molecular weight excluding hydrogens is 357 g/mol. The number of hydrogen-bond acceptors (Lipinski definition) is 1. The van der Waals surface area contributed by atoms with Gasteiger partial charge >= 0.3 is 0 Å². The molecule has 1 heterocycles. The van der Waals surface area contributed by atoms with Gasteiger partial charge in [0.15, 0.2) is 0 Å². The van der Waals surface area contributed by atoms with Gasteiger partial charge in [-0.1, -0.05) is 27.5 Å². The van der Waals surface area contributed by atoms with Gasteiger partial charge in [0.05, 0.1) is 5.02 Å². The van der Waals surface area contributed by atoms with Crippen LogP contribution in [0.3, 0.4) is 0 Å². The molecule has 0 radical (unpaired) electrons. The predicted molar refractivity (Wildman–Crippen MR) is 72.4 cm³/mol. The van der Waals surface area contributed by atoms with E-state index in [-0.39, 0.29) is 5.91 Å². The molecule has 1 fully saturated rings. The van der Waals surface area contributed by atoms with Crippen LogP contribution in [0.4, 0.5) is 0 Å². The molecule has 1 unspecified atom stereocenters. The van der Waals surface area contributed by atoms with Crippen molar-refractivity contribution in [3.8, 4) is 0 Å². The van der Waals surface area contributed by atoms with Gasteiger partial charge in [0.25, 0.3) is 5.91 Å². The minimum Gasteiger partial charge on any atom is -0.337 e. The van der Waals surface area contributed by atoms with Gasteiger partial charge in [-0.25, -0.2) is 0 Å². The second kappa shape index (κ2) is 5.07. The maximum atomic E-state index is 12.1. The van der Waals surface area contributed by atoms with Crippen molar-refractivity contribution in [2.75, 3.05) is 13.1 Å². The van der Waals surface area contributed by atoms with Crippen molar-refractivity contribution < 1.29 is 4.79 Å². The maximum absolute atomic E-state index is 12.1. The molecule has 1 aromatic carbocycles. The monoisotopic (exact) mass is 365 g/mol. The topological polar surface area (TPSA) is 20.3 Å². The number of halogens is 3. The lowest BCUT2D eigenvalue weighted by Crippen LogP contribution is -2.28. The molecule has 2 nitrogen and oxygen atoms in total. The van der Waals surface area contributed by atoms with E-state index in [0.717, 1.165) is 24.0 Å². The lowest BCUT2D eigenvalue weighted by atomic mass is 10.2. The van der Waals surface area contributed by atoms with Crippen molar-refractivity contribution in [1.29, 1.82) is 0 Å². The van der Waals surface area contributed by atoms with E-state index in [1.54, 1.807) is 18.2 Å². The number of likely N-dealkylation sites (tertiary alicyclic amines) is 1. The zero-order valence-corrected chi connectivity index (χ0v) is 12.3. The Hall–Kier alpha value is -0.0600. The van der Waals surface area contributed by atoms with E-state index < -0.39 is 0 Å². The average Bonchev–Trinajstić information content (AvgIpc) is 2.68. The molecule has 0 bridgehead atoms. The Balaban J connectivity index is 2.18. The first-order chi connectivity index (χ1) is 7.58. The van der Waals surface area contributed by atoms with Crippen LogP contribution in [0.1, 0.15) is 16.8 Å². The average molecular weight is 367 g/mol. The molecule has 16 heavy (non-hydrogen) atoms. The van der Waals surface area contributed by atoms with Crippen LogP contribution in [0.25, 0.3) is 0 Å². The van der Waals surface area contributed by atoms with E-state index >= 15 is 0 Å². The Labute approximate surface area is 116 Å². The third kappa shape index (κ3) is 2.60. The number of rotatable bonds is 1. The van der Waals surface area contributed by atoms with Crippen molar-refractivity contribution in [3.63, 3.8) is 0 Å². The molecule has 0 saturated carbocycles. The highest BCUT2D eigenvalue weighted by Gasteiger charge is 2.25. The van der Waals surface area contributed by atoms with Crippen molar-refractivity contribution >= 4 is 49.4 Å². The van der Waals surface area contributed by atoms with Gasteiger partial charge in [-0.05, 0) is 40.5 Å². The van der Waals surface area contributed by atoms with Gasteiger partial charge < -0.3 is 4.90 Å². The van der Waals surface area contributed by atoms with Crippen molar-refractivity contribution in [2.45, 2.75) is 11.2 Å². The first-order valence-electron chi connectivity index (χ1n) is 4.96. The molecule has 0 aromatic heterocycles. The smallest absolute Gasteiger partial charge is 0.253 e. The fraction of sp³-hybridized carbons (Fsp3) is 0.364. The second-order valence-corrected chi connectivity index (χ2v) is 6.32. The van der Waals surface area contributed by atoms with E-state index in [0.29, 0.717) is 15.4 Å². The number of nitrogens with zero attached hydrogens (tertiary/aromatic N) is 1. The highest BCUT2D eigenvalue weighted by molar-refractivity contribution is 9.10. The molecule has 1 amide bonds. The molecule has 86 valence electrons. The molecule has 0 aliphatic carbocycles. The fourth-order valence-corrected chi connectivity index (χ4v) is 2.76. The van der Waals surface area contributed by atoms with Gasteiger partial charge in [-0.3, -0.25) is 4.79 Å². The van der Waals surface area contributed by atoms with Gasteiger partial charge in [0.2, 0.25) is 0 Å². The number of carbonyl (C=O) groups is 1. The van der Waals surface area contributed by atoms with E-state index in [1.165, 1.54) is 0 Å². The number of carbonyl (C=O) groups excluding carboxylic acids is 1. The lowest BCUT2D eigenvalue weighted by molar-refractivity contribution is 0.0793. The summed E-state index contributed by atoms with van der Waals surface area (Å²) in [6, 6.07) is 5.27. The SMILES string of the molecule is O=C(c1ccc(Cl)c(Br)c1)N1CCC(Br)C1. The molecule has 1 aliphatic rings. The van der Waals surface area contributed by atoms with Crippen LogP contribution in [0.2, 0.25) is 5.02 Å². The van der Waals surface area contributed by atoms with Crippen LogP contribution in [0.5, 0.6) is 0 Å². The largest absolute Gasteiger partial charge is 0.337 e. The molecule has 1 aromatic rings. The number of alkyl halides is 1. The van der Waals surface area contributed by atoms with Gasteiger partial charge in [-0.15, -0.1) is 0 Å². The summed E-state index contributed by atoms with van der Waals surface area (Å²) >= 11 is 12.7. The number of benzene rings is 1. The summed E-state index contributed by atoms with van der Waals surface area (Å²) in [7, 11) is 0. The predicted octanol–water partition coefficient (Wildman–Crippen LogP) is 3.71. The molecule has 1 aliphatic heterocycles. The first-order valence-corrected chi connectivity index (χ1v) is 7.05. The maximum Gasteiger partial charge on any atom is 0.253 e. The normalized spacial score (nSPS) is 20.2. The quantitative estimate of drug-likeness (QED) is 0.693. The molecule has 2 rings (SSSR count). The first kappa shape index (κ1) is 12.4. The molecule has 1 saturated heterocycles. The Morgan fingerprint density at radius 3 is 2.81 bits per heavy atom. The molecule has 5 heteroatoms. The van der Waals surface area contributed by atoms with Crippen molar-refractivity contribution in [2.24, 2.45) is 0 Å². The standard InChI is InChI=1S/C11H10Br2ClNO/c12-8-3-4-15(6-8)11(16)7-1-2-10(14)9(13)5-7/h1-2,5,8H,3-4,6H2. The van der Waals surface area contributed by atoms with E-state index in [1.807, 2.05) is 4.90 Å². The summed E-state index contributed by atoms with van der Waals surface area (Å²) in [6.45, 7) is 1.59. The Morgan fingerprint density at radius 1 is 1.50 bits per heavy atom. The summed E-state index contributed by atoms with van der Waals surface area (Å²) in [4.78, 5) is 14.4. The second-order valence-electron chi connectivity index (χ2n) is 3.77. The Kier molecular flexibility index (Phi) is 3.93. The third-order valence-electron chi connectivity index (χ3n) is 2.58. The summed E-state index contributed by atoms with van der Waals surface area (Å²) in [6.07, 6.45) is 1.01. The van der Waals surface area contributed by atoms with Crippen LogP contribution in [0, 0.1) is 0 Å². The zero-order chi connectivity index (χ0) is 11.7. The molecule has 1 atom stereocenters. The fourth-order valence-electron chi connectivity index (χ4n) is 1.71. The zero-order valence-electron chi connectivity index (χ0n) is 8.42. The van der Waals surface area contributed by atoms with Crippen LogP contribution in [0.15, 0.2) is 22.7 Å². The summed E-state index contributed by atoms with van der Waals surface area (Å²) < 4.78 is 0.759. The lowest BCUT2D eigenvalue weighted by Gasteiger charge is -2.15. The summed E-state index contributed by atoms with van der Waals surface area (Å²) in [5.74, 6) is 0.0688. The van der Waals surface area contributed by atoms with Crippen molar-refractivity contribution in [1.82, 2.24) is 4.90 Å². The molecule has 0 spiro atoms. The van der Waals surface area contributed by atoms with E-state index in [2.05, 4.69) is 31.9 Å². The van der Waals surface area contributed by atoms with E-state index in [9.17, 15) is 4.79 Å². The molecule has 0 N–H and O–H groups in total. The van der Waals surface area contributed by atoms with Crippen LogP contribution < -0.4 is 0 Å². The van der Waals surface area contributed by atoms with Gasteiger partial charge in [-0.2, -0.15) is 0 Å². The van der Waals surface area contributed by atoms with Crippen molar-refractivity contribution in [3.05, 3.63) is 33.3 Å². The highest BCUT2D eigenvalue weighted by Crippen LogP contribution is 2.25. The summed E-state index contributed by atoms with van der Waals surface area (Å²) in [5.41, 5.74) is 0.679. The Bertz CT molecular complexity index is 424. The van der Waals surface area contributed by atoms with Crippen LogP contribution in [-0.4, -0.2) is 28.7 Å². The van der Waals surface area contributed by atoms with Gasteiger partial charge in [0, 0.05) is 28.0 Å². The molecular formula is C11H10Br2ClNO. The van der Waals surface area contributed by atoms with Crippen LogP contribution in [-0.2, 0) is 0 Å². The minimum atomic E-state index is 0.0688. The van der Waals surface area contributed by atoms with E-state index in [4.69, 9.17) is 11.6 Å². The van der Waals surface area contributed by atoms with Gasteiger partial charge in [0.1, 0.15) is 0 Å². The highest BCUT2D eigenvalue weighted by atomic mass is 79.9. The minimum absolute atomic E-state index is 0.0688. The number of amides is 1.